The molecular formula is C28H48O2S. The SMILES string of the molecule is CCCCCCCSCC[C@]12CC[C@@H]3C(=CC[C@]4(C)[C@@H](O)CC[C@@H]34)[C@@]1(C)CC[C@H](O)C2. The molecule has 7 atom stereocenters. The van der Waals surface area contributed by atoms with Gasteiger partial charge in [0.15, 0.2) is 0 Å². The third-order valence-electron chi connectivity index (χ3n) is 10.5. The van der Waals surface area contributed by atoms with Crippen LogP contribution in [0.1, 0.15) is 111 Å². The standard InChI is InChI=1S/C28H48O2S/c1-4-5-6-7-8-18-31-19-17-28-16-12-22-23-9-10-25(30)26(23,2)14-13-24(22)27(28,3)15-11-21(29)20-28/h13,21-23,25,29-30H,4-12,14-20H2,1-3H3/t21-,22-,23-,25-,26-,27+,28-/m0/s1. The number of thioether (sulfide) groups is 1. The van der Waals surface area contributed by atoms with Crippen molar-refractivity contribution in [2.45, 2.75) is 123 Å². The molecule has 2 nitrogen and oxygen atoms in total. The van der Waals surface area contributed by atoms with E-state index in [1.807, 2.05) is 0 Å². The van der Waals surface area contributed by atoms with Crippen LogP contribution in [-0.2, 0) is 0 Å². The van der Waals surface area contributed by atoms with E-state index in [2.05, 4.69) is 38.6 Å². The average molecular weight is 449 g/mol. The first-order valence-corrected chi connectivity index (χ1v) is 14.7. The molecule has 3 heteroatoms. The fourth-order valence-corrected chi connectivity index (χ4v) is 9.47. The summed E-state index contributed by atoms with van der Waals surface area (Å²) < 4.78 is 0. The molecule has 0 aromatic heterocycles. The van der Waals surface area contributed by atoms with Gasteiger partial charge < -0.3 is 10.2 Å². The summed E-state index contributed by atoms with van der Waals surface area (Å²) in [6, 6.07) is 0. The highest BCUT2D eigenvalue weighted by molar-refractivity contribution is 7.99. The van der Waals surface area contributed by atoms with Gasteiger partial charge in [-0.05, 0) is 98.4 Å². The van der Waals surface area contributed by atoms with Crippen LogP contribution < -0.4 is 0 Å². The molecule has 0 bridgehead atoms. The Morgan fingerprint density at radius 2 is 1.77 bits per heavy atom. The van der Waals surface area contributed by atoms with Gasteiger partial charge in [0.05, 0.1) is 12.2 Å². The zero-order valence-electron chi connectivity index (χ0n) is 20.5. The van der Waals surface area contributed by atoms with Crippen LogP contribution in [0.15, 0.2) is 11.6 Å². The largest absolute Gasteiger partial charge is 0.393 e. The first-order valence-electron chi connectivity index (χ1n) is 13.5. The Morgan fingerprint density at radius 3 is 2.58 bits per heavy atom. The smallest absolute Gasteiger partial charge is 0.0599 e. The van der Waals surface area contributed by atoms with E-state index in [9.17, 15) is 10.2 Å². The Labute approximate surface area is 196 Å². The van der Waals surface area contributed by atoms with Gasteiger partial charge in [-0.2, -0.15) is 11.8 Å². The zero-order chi connectivity index (χ0) is 22.1. The highest BCUT2D eigenvalue weighted by Crippen LogP contribution is 2.69. The Bertz CT molecular complexity index is 647. The fourth-order valence-electron chi connectivity index (χ4n) is 8.32. The van der Waals surface area contributed by atoms with E-state index in [4.69, 9.17) is 0 Å². The lowest BCUT2D eigenvalue weighted by Crippen LogP contribution is -2.55. The summed E-state index contributed by atoms with van der Waals surface area (Å²) in [7, 11) is 0. The molecule has 0 aromatic carbocycles. The summed E-state index contributed by atoms with van der Waals surface area (Å²) >= 11 is 2.17. The van der Waals surface area contributed by atoms with Crippen LogP contribution in [0, 0.1) is 28.1 Å². The van der Waals surface area contributed by atoms with E-state index < -0.39 is 0 Å². The summed E-state index contributed by atoms with van der Waals surface area (Å²) in [5, 5.41) is 21.4. The highest BCUT2D eigenvalue weighted by atomic mass is 32.2. The van der Waals surface area contributed by atoms with Gasteiger partial charge in [-0.15, -0.1) is 0 Å². The summed E-state index contributed by atoms with van der Waals surface area (Å²) in [4.78, 5) is 0. The van der Waals surface area contributed by atoms with Crippen LogP contribution in [0.3, 0.4) is 0 Å². The molecule has 4 aliphatic carbocycles. The Hall–Kier alpha value is 0.01000. The molecule has 31 heavy (non-hydrogen) atoms. The molecule has 3 saturated carbocycles. The van der Waals surface area contributed by atoms with Gasteiger partial charge >= 0.3 is 0 Å². The Kier molecular flexibility index (Phi) is 7.56. The molecule has 0 radical (unpaired) electrons. The van der Waals surface area contributed by atoms with Crippen LogP contribution in [0.2, 0.25) is 0 Å². The van der Waals surface area contributed by atoms with E-state index in [1.54, 1.807) is 5.57 Å². The second-order valence-electron chi connectivity index (χ2n) is 12.0. The second-order valence-corrected chi connectivity index (χ2v) is 13.2. The van der Waals surface area contributed by atoms with Crippen molar-refractivity contribution in [1.29, 1.82) is 0 Å². The molecule has 0 aliphatic heterocycles. The summed E-state index contributed by atoms with van der Waals surface area (Å²) in [6.07, 6.45) is 19.5. The molecular weight excluding hydrogens is 400 g/mol. The van der Waals surface area contributed by atoms with Gasteiger partial charge in [-0.3, -0.25) is 0 Å². The topological polar surface area (TPSA) is 40.5 Å². The maximum Gasteiger partial charge on any atom is 0.0599 e. The van der Waals surface area contributed by atoms with Crippen molar-refractivity contribution in [3.63, 3.8) is 0 Å². The zero-order valence-corrected chi connectivity index (χ0v) is 21.3. The predicted molar refractivity (Wildman–Crippen MR) is 133 cm³/mol. The minimum absolute atomic E-state index is 0.104. The van der Waals surface area contributed by atoms with Crippen LogP contribution in [0.25, 0.3) is 0 Å². The van der Waals surface area contributed by atoms with Gasteiger partial charge in [0.2, 0.25) is 0 Å². The van der Waals surface area contributed by atoms with Crippen molar-refractivity contribution in [1.82, 2.24) is 0 Å². The molecule has 0 saturated heterocycles. The van der Waals surface area contributed by atoms with Gasteiger partial charge in [-0.1, -0.05) is 58.1 Å². The number of allylic oxidation sites excluding steroid dienone is 2. The molecule has 0 unspecified atom stereocenters. The first-order chi connectivity index (χ1) is 14.9. The van der Waals surface area contributed by atoms with Gasteiger partial charge in [0.25, 0.3) is 0 Å². The lowest BCUT2D eigenvalue weighted by Gasteiger charge is -2.62. The lowest BCUT2D eigenvalue weighted by atomic mass is 9.42. The molecule has 0 heterocycles. The fraction of sp³-hybridized carbons (Fsp3) is 0.929. The molecule has 4 aliphatic rings. The van der Waals surface area contributed by atoms with Crippen molar-refractivity contribution in [2.75, 3.05) is 11.5 Å². The van der Waals surface area contributed by atoms with Crippen LogP contribution in [0.5, 0.6) is 0 Å². The van der Waals surface area contributed by atoms with Crippen molar-refractivity contribution >= 4 is 11.8 Å². The molecule has 0 aromatic rings. The van der Waals surface area contributed by atoms with Crippen molar-refractivity contribution in [2.24, 2.45) is 28.1 Å². The van der Waals surface area contributed by atoms with E-state index in [0.29, 0.717) is 11.8 Å². The van der Waals surface area contributed by atoms with E-state index in [1.165, 1.54) is 69.3 Å². The molecule has 0 amide bonds. The predicted octanol–water partition coefficient (Wildman–Crippen LogP) is 7.13. The number of hydrogen-bond acceptors (Lipinski definition) is 3. The number of rotatable bonds is 9. The van der Waals surface area contributed by atoms with Crippen molar-refractivity contribution in [3.05, 3.63) is 11.6 Å². The molecule has 178 valence electrons. The van der Waals surface area contributed by atoms with E-state index in [-0.39, 0.29) is 28.5 Å². The van der Waals surface area contributed by atoms with Crippen LogP contribution in [-0.4, -0.2) is 33.9 Å². The minimum Gasteiger partial charge on any atom is -0.393 e. The lowest BCUT2D eigenvalue weighted by molar-refractivity contribution is -0.0866. The second kappa shape index (κ2) is 9.71. The van der Waals surface area contributed by atoms with Gasteiger partial charge in [-0.25, -0.2) is 0 Å². The van der Waals surface area contributed by atoms with Crippen molar-refractivity contribution in [3.8, 4) is 0 Å². The highest BCUT2D eigenvalue weighted by Gasteiger charge is 2.61. The third kappa shape index (κ3) is 4.30. The Morgan fingerprint density at radius 1 is 0.968 bits per heavy atom. The maximum absolute atomic E-state index is 10.7. The quantitative estimate of drug-likeness (QED) is 0.291. The van der Waals surface area contributed by atoms with Crippen LogP contribution in [0.4, 0.5) is 0 Å². The normalized spacial score (nSPS) is 44.4. The van der Waals surface area contributed by atoms with Gasteiger partial charge in [0, 0.05) is 5.41 Å². The molecule has 0 spiro atoms. The Balaban J connectivity index is 1.45. The van der Waals surface area contributed by atoms with E-state index in [0.717, 1.165) is 32.1 Å². The van der Waals surface area contributed by atoms with Crippen LogP contribution >= 0.6 is 11.8 Å². The third-order valence-corrected chi connectivity index (χ3v) is 11.5. The number of aliphatic hydroxyl groups is 2. The monoisotopic (exact) mass is 448 g/mol. The maximum atomic E-state index is 10.7. The number of hydrogen-bond donors (Lipinski definition) is 2. The van der Waals surface area contributed by atoms with Gasteiger partial charge in [0.1, 0.15) is 0 Å². The average Bonchev–Trinajstić information content (AvgIpc) is 3.05. The summed E-state index contributed by atoms with van der Waals surface area (Å²) in [5.74, 6) is 3.91. The molecule has 2 N–H and O–H groups in total. The summed E-state index contributed by atoms with van der Waals surface area (Å²) in [5.41, 5.74) is 2.39. The summed E-state index contributed by atoms with van der Waals surface area (Å²) in [6.45, 7) is 7.21. The molecule has 3 fully saturated rings. The number of fused-ring (bicyclic) bond motifs is 5. The van der Waals surface area contributed by atoms with E-state index >= 15 is 0 Å². The molecule has 4 rings (SSSR count). The minimum atomic E-state index is -0.114. The number of aliphatic hydroxyl groups excluding tert-OH is 2. The first kappa shape index (κ1) is 24.1. The number of unbranched alkanes of at least 4 members (excludes halogenated alkanes) is 4. The van der Waals surface area contributed by atoms with Crippen molar-refractivity contribution < 1.29 is 10.2 Å².